The molecule has 0 fully saturated rings. The van der Waals surface area contributed by atoms with Crippen molar-refractivity contribution in [3.05, 3.63) is 260 Å². The van der Waals surface area contributed by atoms with Gasteiger partial charge in [-0.25, -0.2) is 4.99 Å². The fourth-order valence-electron chi connectivity index (χ4n) is 10.5. The van der Waals surface area contributed by atoms with Crippen molar-refractivity contribution in [1.29, 1.82) is 0 Å². The first-order valence-corrected chi connectivity index (χ1v) is 23.4. The Kier molecular flexibility index (Phi) is 9.66. The number of benzene rings is 10. The molecule has 5 nitrogen and oxygen atoms in total. The van der Waals surface area contributed by atoms with Gasteiger partial charge in [-0.1, -0.05) is 231 Å². The molecule has 322 valence electrons. The average Bonchev–Trinajstić information content (AvgIpc) is 3.95. The van der Waals surface area contributed by atoms with Gasteiger partial charge in [-0.05, 0) is 62.7 Å². The highest BCUT2D eigenvalue weighted by atomic mass is 15.4. The van der Waals surface area contributed by atoms with Crippen molar-refractivity contribution in [2.24, 2.45) is 4.99 Å². The molecule has 0 radical (unpaired) electrons. The van der Waals surface area contributed by atoms with Crippen LogP contribution in [0.25, 0.3) is 93.8 Å². The molecule has 2 aromatic heterocycles. The van der Waals surface area contributed by atoms with Crippen LogP contribution in [0.2, 0.25) is 0 Å². The maximum Gasteiger partial charge on any atom is 0.162 e. The van der Waals surface area contributed by atoms with E-state index in [2.05, 4.69) is 268 Å². The molecule has 3 heterocycles. The minimum absolute atomic E-state index is 0.358. The summed E-state index contributed by atoms with van der Waals surface area (Å²) in [4.78, 5) is 5.47. The number of hydrogen-bond donors (Lipinski definition) is 2. The Bertz CT molecular complexity index is 3820. The van der Waals surface area contributed by atoms with E-state index in [1.807, 2.05) is 0 Å². The Morgan fingerprint density at radius 3 is 1.47 bits per heavy atom. The summed E-state index contributed by atoms with van der Waals surface area (Å²) in [6, 6.07) is 89.5. The number of para-hydroxylation sites is 2. The molecule has 68 heavy (non-hydrogen) atoms. The number of nitrogens with one attached hydrogen (secondary N) is 2. The zero-order valence-corrected chi connectivity index (χ0v) is 37.2. The predicted molar refractivity (Wildman–Crippen MR) is 283 cm³/mol. The minimum Gasteiger partial charge on any atom is -0.337 e. The van der Waals surface area contributed by atoms with Crippen LogP contribution in [0.15, 0.2) is 254 Å². The number of fused-ring (bicyclic) bond motifs is 7. The maximum atomic E-state index is 5.47. The van der Waals surface area contributed by atoms with Crippen molar-refractivity contribution in [2.75, 3.05) is 0 Å². The molecule has 13 rings (SSSR count). The lowest BCUT2D eigenvalue weighted by Crippen LogP contribution is -2.47. The Morgan fingerprint density at radius 1 is 0.353 bits per heavy atom. The summed E-state index contributed by atoms with van der Waals surface area (Å²) < 4.78 is 5.01. The predicted octanol–water partition coefficient (Wildman–Crippen LogP) is 15.4. The number of nitrogens with zero attached hydrogens (tertiary/aromatic N) is 3. The van der Waals surface area contributed by atoms with Gasteiger partial charge in [-0.2, -0.15) is 0 Å². The van der Waals surface area contributed by atoms with E-state index in [9.17, 15) is 0 Å². The molecule has 10 aromatic carbocycles. The van der Waals surface area contributed by atoms with Gasteiger partial charge in [-0.3, -0.25) is 5.32 Å². The number of aromatic nitrogens is 2. The number of amidine groups is 1. The second kappa shape index (κ2) is 16.6. The number of aliphatic imine (C=N–C) groups is 1. The van der Waals surface area contributed by atoms with Gasteiger partial charge in [0.15, 0.2) is 6.29 Å². The fourth-order valence-corrected chi connectivity index (χ4v) is 10.5. The quantitative estimate of drug-likeness (QED) is 0.160. The van der Waals surface area contributed by atoms with E-state index < -0.39 is 6.29 Å². The first-order valence-electron chi connectivity index (χ1n) is 23.4. The van der Waals surface area contributed by atoms with Gasteiger partial charge in [0.25, 0.3) is 0 Å². The van der Waals surface area contributed by atoms with Crippen molar-refractivity contribution in [2.45, 2.75) is 12.5 Å². The zero-order valence-electron chi connectivity index (χ0n) is 37.2. The Balaban J connectivity index is 1.06. The molecule has 0 saturated heterocycles. The lowest BCUT2D eigenvalue weighted by molar-refractivity contribution is 0.330. The van der Waals surface area contributed by atoms with Crippen LogP contribution in [0.3, 0.4) is 0 Å². The molecular weight excluding hydrogens is 827 g/mol. The summed E-state index contributed by atoms with van der Waals surface area (Å²) in [5.74, 6) is 0.825. The molecule has 0 bridgehead atoms. The zero-order chi connectivity index (χ0) is 45.0. The summed E-state index contributed by atoms with van der Waals surface area (Å²) in [7, 11) is 0. The Labute approximate surface area is 394 Å². The van der Waals surface area contributed by atoms with E-state index in [1.165, 1.54) is 54.9 Å². The second-order valence-corrected chi connectivity index (χ2v) is 17.6. The normalized spacial score (nSPS) is 14.9. The van der Waals surface area contributed by atoms with E-state index in [-0.39, 0.29) is 6.17 Å². The lowest BCUT2D eigenvalue weighted by atomic mass is 9.93. The third-order valence-corrected chi connectivity index (χ3v) is 13.6. The van der Waals surface area contributed by atoms with Gasteiger partial charge in [0, 0.05) is 32.7 Å². The second-order valence-electron chi connectivity index (χ2n) is 17.6. The first kappa shape index (κ1) is 39.6. The number of hydrogen-bond acceptors (Lipinski definition) is 3. The van der Waals surface area contributed by atoms with Crippen molar-refractivity contribution < 1.29 is 0 Å². The van der Waals surface area contributed by atoms with Crippen LogP contribution in [0.5, 0.6) is 0 Å². The standard InChI is InChI=1S/C63H45N5/c1-5-18-42(19-6-1)44-32-36-48(37-33-44)61-64-62(49-38-34-45(35-39-49)43-20-7-2-8-21-43)66-63(65-61)68-56-30-16-14-27-52(56)54-41-40-53-51-26-13-15-29-55(51)67(59(53)60(54)68)57-31-17-28-50(46-22-9-3-10-23-46)58(57)47-24-11-4-12-25-47/h1-41,61,63,65H,(H,64,66). The largest absolute Gasteiger partial charge is 0.337 e. The van der Waals surface area contributed by atoms with E-state index in [0.29, 0.717) is 0 Å². The fraction of sp³-hybridized carbons (Fsp3) is 0.0317. The van der Waals surface area contributed by atoms with Crippen LogP contribution in [0, 0.1) is 0 Å². The van der Waals surface area contributed by atoms with Gasteiger partial charge < -0.3 is 14.5 Å². The first-order chi connectivity index (χ1) is 33.7. The van der Waals surface area contributed by atoms with Crippen LogP contribution >= 0.6 is 0 Å². The molecule has 0 saturated carbocycles. The summed E-state index contributed by atoms with van der Waals surface area (Å²) in [5, 5.41) is 12.8. The summed E-state index contributed by atoms with van der Waals surface area (Å²) in [6.45, 7) is 0. The molecule has 0 aliphatic carbocycles. The molecule has 0 amide bonds. The van der Waals surface area contributed by atoms with Crippen LogP contribution in [-0.2, 0) is 0 Å². The van der Waals surface area contributed by atoms with Crippen molar-refractivity contribution >= 4 is 49.4 Å². The summed E-state index contributed by atoms with van der Waals surface area (Å²) in [6.07, 6.45) is -0.762. The summed E-state index contributed by atoms with van der Waals surface area (Å²) in [5.41, 5.74) is 17.2. The smallest absolute Gasteiger partial charge is 0.162 e. The van der Waals surface area contributed by atoms with Crippen LogP contribution in [0.4, 0.5) is 0 Å². The minimum atomic E-state index is -0.404. The van der Waals surface area contributed by atoms with Crippen molar-refractivity contribution in [1.82, 2.24) is 19.8 Å². The van der Waals surface area contributed by atoms with E-state index >= 15 is 0 Å². The van der Waals surface area contributed by atoms with E-state index in [4.69, 9.17) is 4.99 Å². The van der Waals surface area contributed by atoms with Gasteiger partial charge in [0.05, 0.1) is 27.8 Å². The topological polar surface area (TPSA) is 46.3 Å². The van der Waals surface area contributed by atoms with Gasteiger partial charge >= 0.3 is 0 Å². The van der Waals surface area contributed by atoms with E-state index in [1.54, 1.807) is 0 Å². The molecule has 2 N–H and O–H groups in total. The highest BCUT2D eigenvalue weighted by Crippen LogP contribution is 2.45. The lowest BCUT2D eigenvalue weighted by Gasteiger charge is -2.34. The summed E-state index contributed by atoms with van der Waals surface area (Å²) >= 11 is 0. The molecule has 2 unspecified atom stereocenters. The Morgan fingerprint density at radius 2 is 0.838 bits per heavy atom. The highest BCUT2D eigenvalue weighted by molar-refractivity contribution is 6.23. The van der Waals surface area contributed by atoms with Crippen molar-refractivity contribution in [3.63, 3.8) is 0 Å². The van der Waals surface area contributed by atoms with Crippen LogP contribution < -0.4 is 10.6 Å². The monoisotopic (exact) mass is 871 g/mol. The third kappa shape index (κ3) is 6.71. The molecule has 1 aliphatic rings. The maximum absolute atomic E-state index is 5.47. The Hall–Kier alpha value is -8.77. The van der Waals surface area contributed by atoms with Crippen molar-refractivity contribution in [3.8, 4) is 50.2 Å². The van der Waals surface area contributed by atoms with E-state index in [0.717, 1.165) is 55.8 Å². The molecule has 2 atom stereocenters. The number of rotatable bonds is 8. The molecule has 12 aromatic rings. The average molecular weight is 872 g/mol. The van der Waals surface area contributed by atoms with Crippen LogP contribution in [-0.4, -0.2) is 15.0 Å². The van der Waals surface area contributed by atoms with Gasteiger partial charge in [0.1, 0.15) is 12.0 Å². The van der Waals surface area contributed by atoms with Gasteiger partial charge in [0.2, 0.25) is 0 Å². The molecular formula is C63H45N5. The van der Waals surface area contributed by atoms with Gasteiger partial charge in [-0.15, -0.1) is 0 Å². The SMILES string of the molecule is c1ccc(-c2ccc(C3=NC(c4ccc(-c5ccccc5)cc4)NC(n4c5ccccc5c5ccc6c7ccccc7n(-c7cccc(-c8ccccc8)c7-c7ccccc7)c6c54)N3)cc2)cc1. The molecule has 1 aliphatic heterocycles. The molecule has 0 spiro atoms. The molecule has 5 heteroatoms. The third-order valence-electron chi connectivity index (χ3n) is 13.6. The highest BCUT2D eigenvalue weighted by Gasteiger charge is 2.30. The van der Waals surface area contributed by atoms with Crippen LogP contribution in [0.1, 0.15) is 23.6 Å².